The van der Waals surface area contributed by atoms with Crippen LogP contribution >= 0.6 is 0 Å². The number of piperidine rings is 1. The van der Waals surface area contributed by atoms with E-state index in [1.807, 2.05) is 12.4 Å². The Balaban J connectivity index is 1.62. The lowest BCUT2D eigenvalue weighted by atomic mass is 9.91. The molecule has 0 amide bonds. The van der Waals surface area contributed by atoms with Crippen molar-refractivity contribution in [1.29, 1.82) is 0 Å². The van der Waals surface area contributed by atoms with Crippen LogP contribution in [0.2, 0.25) is 0 Å². The third kappa shape index (κ3) is 2.08. The lowest BCUT2D eigenvalue weighted by Gasteiger charge is -2.49. The van der Waals surface area contributed by atoms with Gasteiger partial charge in [-0.3, -0.25) is 4.98 Å². The molecule has 3 nitrogen and oxygen atoms in total. The molecule has 2 atom stereocenters. The Labute approximate surface area is 119 Å². The molecule has 3 fully saturated rings. The highest BCUT2D eigenvalue weighted by Gasteiger charge is 2.36. The van der Waals surface area contributed by atoms with Crippen LogP contribution in [-0.4, -0.2) is 30.2 Å². The summed E-state index contributed by atoms with van der Waals surface area (Å²) in [5.41, 5.74) is 4.99. The molecule has 0 radical (unpaired) electrons. The number of hydrogen-bond donors (Lipinski definition) is 1. The minimum Gasteiger partial charge on any atom is -0.367 e. The van der Waals surface area contributed by atoms with Crippen LogP contribution in [0.15, 0.2) is 42.7 Å². The van der Waals surface area contributed by atoms with Crippen molar-refractivity contribution in [3.8, 4) is 11.1 Å². The average molecular weight is 265 g/mol. The number of benzene rings is 1. The summed E-state index contributed by atoms with van der Waals surface area (Å²) >= 11 is 0. The molecule has 0 aliphatic carbocycles. The molecule has 3 aliphatic heterocycles. The molecular weight excluding hydrogens is 246 g/mol. The van der Waals surface area contributed by atoms with Gasteiger partial charge in [0.25, 0.3) is 0 Å². The van der Waals surface area contributed by atoms with Crippen molar-refractivity contribution >= 4 is 5.69 Å². The zero-order valence-corrected chi connectivity index (χ0v) is 11.7. The first kappa shape index (κ1) is 11.9. The molecule has 3 heteroatoms. The van der Waals surface area contributed by atoms with E-state index in [1.54, 1.807) is 0 Å². The Kier molecular flexibility index (Phi) is 2.74. The largest absolute Gasteiger partial charge is 0.367 e. The fraction of sp³-hybridized carbons (Fsp3) is 0.353. The predicted octanol–water partition coefficient (Wildman–Crippen LogP) is 2.61. The van der Waals surface area contributed by atoms with Gasteiger partial charge in [-0.15, -0.1) is 0 Å². The quantitative estimate of drug-likeness (QED) is 0.904. The van der Waals surface area contributed by atoms with E-state index in [0.717, 1.165) is 13.1 Å². The van der Waals surface area contributed by atoms with E-state index in [-0.39, 0.29) is 0 Å². The summed E-state index contributed by atoms with van der Waals surface area (Å²) < 4.78 is 0. The van der Waals surface area contributed by atoms with E-state index in [1.165, 1.54) is 28.8 Å². The molecule has 0 spiro atoms. The van der Waals surface area contributed by atoms with E-state index >= 15 is 0 Å². The summed E-state index contributed by atoms with van der Waals surface area (Å²) in [5.74, 6) is 0. The molecule has 5 rings (SSSR count). The van der Waals surface area contributed by atoms with Crippen molar-refractivity contribution < 1.29 is 0 Å². The SMILES string of the molecule is Cc1ccc(-c2cncc(N3CC4CC(C3)N4)c2)cc1. The Morgan fingerprint density at radius 2 is 1.75 bits per heavy atom. The predicted molar refractivity (Wildman–Crippen MR) is 82.0 cm³/mol. The highest BCUT2D eigenvalue weighted by atomic mass is 15.3. The van der Waals surface area contributed by atoms with E-state index in [4.69, 9.17) is 0 Å². The average Bonchev–Trinajstić information content (AvgIpc) is 2.48. The molecule has 3 aliphatic rings. The van der Waals surface area contributed by atoms with E-state index in [0.29, 0.717) is 12.1 Å². The van der Waals surface area contributed by atoms with Crippen LogP contribution in [0.25, 0.3) is 11.1 Å². The Morgan fingerprint density at radius 3 is 2.45 bits per heavy atom. The number of nitrogens with zero attached hydrogens (tertiary/aromatic N) is 2. The zero-order valence-electron chi connectivity index (χ0n) is 11.7. The summed E-state index contributed by atoms with van der Waals surface area (Å²) in [6.07, 6.45) is 5.28. The van der Waals surface area contributed by atoms with Crippen LogP contribution in [0.3, 0.4) is 0 Å². The molecule has 1 aromatic carbocycles. The normalized spacial score (nSPS) is 24.4. The van der Waals surface area contributed by atoms with Gasteiger partial charge in [0.05, 0.1) is 11.9 Å². The fourth-order valence-corrected chi connectivity index (χ4v) is 3.23. The lowest BCUT2D eigenvalue weighted by Crippen LogP contribution is -2.67. The molecule has 3 saturated heterocycles. The van der Waals surface area contributed by atoms with Crippen LogP contribution in [0.4, 0.5) is 5.69 Å². The summed E-state index contributed by atoms with van der Waals surface area (Å²) in [7, 11) is 0. The number of rotatable bonds is 2. The third-order valence-electron chi connectivity index (χ3n) is 4.40. The Hall–Kier alpha value is -1.87. The second kappa shape index (κ2) is 4.60. The van der Waals surface area contributed by atoms with Crippen molar-refractivity contribution in [1.82, 2.24) is 10.3 Å². The number of hydrogen-bond acceptors (Lipinski definition) is 3. The van der Waals surface area contributed by atoms with E-state index in [9.17, 15) is 0 Å². The van der Waals surface area contributed by atoms with Gasteiger partial charge >= 0.3 is 0 Å². The minimum atomic E-state index is 0.678. The molecular formula is C17H19N3. The number of pyridine rings is 1. The van der Waals surface area contributed by atoms with Crippen LogP contribution in [0.5, 0.6) is 0 Å². The van der Waals surface area contributed by atoms with Gasteiger partial charge in [0.15, 0.2) is 0 Å². The molecule has 4 heterocycles. The fourth-order valence-electron chi connectivity index (χ4n) is 3.23. The van der Waals surface area contributed by atoms with Gasteiger partial charge in [-0.2, -0.15) is 0 Å². The van der Waals surface area contributed by atoms with E-state index in [2.05, 4.69) is 52.5 Å². The van der Waals surface area contributed by atoms with Crippen LogP contribution in [0, 0.1) is 6.92 Å². The molecule has 20 heavy (non-hydrogen) atoms. The number of aromatic nitrogens is 1. The van der Waals surface area contributed by atoms with Gasteiger partial charge in [-0.25, -0.2) is 0 Å². The molecule has 0 saturated carbocycles. The highest BCUT2D eigenvalue weighted by molar-refractivity contribution is 5.67. The zero-order chi connectivity index (χ0) is 13.5. The standard InChI is InChI=1S/C17H19N3/c1-12-2-4-13(5-3-12)14-6-17(9-18-8-14)20-10-15-7-16(11-20)19-15/h2-6,8-9,15-16,19H,7,10-11H2,1H3. The van der Waals surface area contributed by atoms with Gasteiger partial charge < -0.3 is 10.2 Å². The highest BCUT2D eigenvalue weighted by Crippen LogP contribution is 2.28. The molecule has 1 aromatic heterocycles. The van der Waals surface area contributed by atoms with Crippen molar-refractivity contribution in [2.75, 3.05) is 18.0 Å². The maximum Gasteiger partial charge on any atom is 0.0560 e. The molecule has 2 aromatic rings. The number of piperazine rings is 1. The van der Waals surface area contributed by atoms with Crippen molar-refractivity contribution in [2.45, 2.75) is 25.4 Å². The van der Waals surface area contributed by atoms with Crippen LogP contribution in [-0.2, 0) is 0 Å². The maximum absolute atomic E-state index is 4.44. The summed E-state index contributed by atoms with van der Waals surface area (Å²) in [6.45, 7) is 4.33. The Morgan fingerprint density at radius 1 is 1.05 bits per heavy atom. The third-order valence-corrected chi connectivity index (χ3v) is 4.40. The van der Waals surface area contributed by atoms with Gasteiger partial charge in [-0.05, 0) is 25.0 Å². The van der Waals surface area contributed by atoms with Gasteiger partial charge in [0.2, 0.25) is 0 Å². The van der Waals surface area contributed by atoms with Crippen molar-refractivity contribution in [3.05, 3.63) is 48.3 Å². The maximum atomic E-state index is 4.44. The van der Waals surface area contributed by atoms with E-state index < -0.39 is 0 Å². The van der Waals surface area contributed by atoms with Gasteiger partial charge in [-0.1, -0.05) is 29.8 Å². The molecule has 1 N–H and O–H groups in total. The minimum absolute atomic E-state index is 0.678. The smallest absolute Gasteiger partial charge is 0.0560 e. The number of aryl methyl sites for hydroxylation is 1. The first-order valence-electron chi connectivity index (χ1n) is 7.31. The molecule has 102 valence electrons. The summed E-state index contributed by atoms with van der Waals surface area (Å²) in [6, 6.07) is 12.3. The lowest BCUT2D eigenvalue weighted by molar-refractivity contribution is 0.226. The number of fused-ring (bicyclic) bond motifs is 2. The second-order valence-corrected chi connectivity index (χ2v) is 6.00. The first-order chi connectivity index (χ1) is 9.78. The summed E-state index contributed by atoms with van der Waals surface area (Å²) in [4.78, 5) is 6.89. The van der Waals surface area contributed by atoms with Crippen LogP contribution in [0.1, 0.15) is 12.0 Å². The van der Waals surface area contributed by atoms with Crippen molar-refractivity contribution in [3.63, 3.8) is 0 Å². The monoisotopic (exact) mass is 265 g/mol. The second-order valence-electron chi connectivity index (χ2n) is 6.00. The van der Waals surface area contributed by atoms with Gasteiger partial charge in [0.1, 0.15) is 0 Å². The van der Waals surface area contributed by atoms with Crippen LogP contribution < -0.4 is 10.2 Å². The van der Waals surface area contributed by atoms with Gasteiger partial charge in [0, 0.05) is 36.9 Å². The van der Waals surface area contributed by atoms with Crippen molar-refractivity contribution in [2.24, 2.45) is 0 Å². The topological polar surface area (TPSA) is 28.2 Å². The summed E-state index contributed by atoms with van der Waals surface area (Å²) in [5, 5.41) is 3.57. The number of nitrogens with one attached hydrogen (secondary N) is 1. The molecule has 2 unspecified atom stereocenters. The Bertz CT molecular complexity index is 604. The number of anilines is 1. The molecule has 2 bridgehead atoms. The first-order valence-corrected chi connectivity index (χ1v) is 7.31.